The summed E-state index contributed by atoms with van der Waals surface area (Å²) in [5.74, 6) is 0.768. The van der Waals surface area contributed by atoms with Crippen LogP contribution in [0.2, 0.25) is 0 Å². The van der Waals surface area contributed by atoms with Crippen molar-refractivity contribution in [2.45, 2.75) is 49.9 Å². The molecule has 4 nitrogen and oxygen atoms in total. The third-order valence-corrected chi connectivity index (χ3v) is 7.92. The normalized spacial score (nSPS) is 38.2. The molecule has 0 radical (unpaired) electrons. The predicted octanol–water partition coefficient (Wildman–Crippen LogP) is 2.40. The van der Waals surface area contributed by atoms with E-state index < -0.39 is 14.6 Å². The van der Waals surface area contributed by atoms with Crippen LogP contribution in [0.15, 0.2) is 17.6 Å². The molecule has 0 saturated heterocycles. The van der Waals surface area contributed by atoms with E-state index in [0.717, 1.165) is 19.3 Å². The molecule has 0 aliphatic heterocycles. The average Bonchev–Trinajstić information content (AvgIpc) is 2.73. The Morgan fingerprint density at radius 2 is 2.11 bits per heavy atom. The maximum atomic E-state index is 12.9. The van der Waals surface area contributed by atoms with Crippen molar-refractivity contribution in [2.75, 3.05) is 0 Å². The molecule has 2 saturated carbocycles. The zero-order valence-electron chi connectivity index (χ0n) is 11.1. The van der Waals surface area contributed by atoms with E-state index in [9.17, 15) is 8.42 Å². The van der Waals surface area contributed by atoms with E-state index in [2.05, 4.69) is 30.7 Å². The number of hydrogen-bond acceptors (Lipinski definition) is 3. The first-order valence-corrected chi connectivity index (χ1v) is 8.06. The lowest BCUT2D eigenvalue weighted by Gasteiger charge is -2.26. The SMILES string of the molecule is CC1CCC2C(C)(C)C2(S(=O)(=O)c2ncc[nH]2)C1. The number of nitrogens with zero attached hydrogens (tertiary/aromatic N) is 1. The lowest BCUT2D eigenvalue weighted by atomic mass is 9.90. The van der Waals surface area contributed by atoms with E-state index in [1.54, 1.807) is 6.20 Å². The summed E-state index contributed by atoms with van der Waals surface area (Å²) in [6, 6.07) is 0. The molecule has 2 aliphatic rings. The Labute approximate surface area is 108 Å². The summed E-state index contributed by atoms with van der Waals surface area (Å²) in [6.07, 6.45) is 6.03. The summed E-state index contributed by atoms with van der Waals surface area (Å²) < 4.78 is 25.2. The summed E-state index contributed by atoms with van der Waals surface area (Å²) in [6.45, 7) is 6.34. The number of aromatic nitrogens is 2. The Bertz CT molecular complexity index is 562. The second kappa shape index (κ2) is 3.38. The number of fused-ring (bicyclic) bond motifs is 1. The number of imidazole rings is 1. The van der Waals surface area contributed by atoms with Gasteiger partial charge in [-0.25, -0.2) is 13.4 Å². The first-order valence-electron chi connectivity index (χ1n) is 6.58. The van der Waals surface area contributed by atoms with Crippen LogP contribution in [0.1, 0.15) is 40.0 Å². The third kappa shape index (κ3) is 1.21. The van der Waals surface area contributed by atoms with Gasteiger partial charge in [0.05, 0.1) is 4.75 Å². The van der Waals surface area contributed by atoms with Crippen molar-refractivity contribution in [1.82, 2.24) is 9.97 Å². The van der Waals surface area contributed by atoms with Gasteiger partial charge in [-0.3, -0.25) is 0 Å². The van der Waals surface area contributed by atoms with Gasteiger partial charge in [0, 0.05) is 12.4 Å². The van der Waals surface area contributed by atoms with Gasteiger partial charge in [-0.1, -0.05) is 27.2 Å². The molecule has 0 amide bonds. The van der Waals surface area contributed by atoms with Gasteiger partial charge in [0.1, 0.15) is 0 Å². The van der Waals surface area contributed by atoms with Gasteiger partial charge in [-0.15, -0.1) is 0 Å². The molecule has 2 fully saturated rings. The van der Waals surface area contributed by atoms with Crippen molar-refractivity contribution in [1.29, 1.82) is 0 Å². The molecule has 5 heteroatoms. The van der Waals surface area contributed by atoms with Gasteiger partial charge in [0.25, 0.3) is 0 Å². The second-order valence-corrected chi connectivity index (χ2v) is 8.57. The van der Waals surface area contributed by atoms with Gasteiger partial charge in [-0.05, 0) is 30.1 Å². The van der Waals surface area contributed by atoms with Crippen molar-refractivity contribution in [3.05, 3.63) is 12.4 Å². The Morgan fingerprint density at radius 3 is 2.72 bits per heavy atom. The van der Waals surface area contributed by atoms with E-state index in [1.165, 1.54) is 6.20 Å². The topological polar surface area (TPSA) is 62.8 Å². The van der Waals surface area contributed by atoms with Crippen LogP contribution < -0.4 is 0 Å². The quantitative estimate of drug-likeness (QED) is 0.895. The Morgan fingerprint density at radius 1 is 1.39 bits per heavy atom. The highest BCUT2D eigenvalue weighted by Crippen LogP contribution is 2.73. The molecule has 18 heavy (non-hydrogen) atoms. The minimum Gasteiger partial charge on any atom is -0.336 e. The largest absolute Gasteiger partial charge is 0.336 e. The summed E-state index contributed by atoms with van der Waals surface area (Å²) >= 11 is 0. The highest BCUT2D eigenvalue weighted by Gasteiger charge is 2.78. The van der Waals surface area contributed by atoms with Gasteiger partial charge < -0.3 is 4.98 Å². The smallest absolute Gasteiger partial charge is 0.225 e. The van der Waals surface area contributed by atoms with Crippen molar-refractivity contribution in [2.24, 2.45) is 17.3 Å². The van der Waals surface area contributed by atoms with Gasteiger partial charge in [0.2, 0.25) is 15.0 Å². The molecule has 1 aromatic rings. The molecule has 1 N–H and O–H groups in total. The summed E-state index contributed by atoms with van der Waals surface area (Å²) in [4.78, 5) is 6.76. The van der Waals surface area contributed by atoms with E-state index in [0.29, 0.717) is 5.92 Å². The number of nitrogens with one attached hydrogen (secondary N) is 1. The van der Waals surface area contributed by atoms with E-state index in [1.807, 2.05) is 0 Å². The molecule has 0 spiro atoms. The fraction of sp³-hybridized carbons (Fsp3) is 0.769. The van der Waals surface area contributed by atoms with E-state index >= 15 is 0 Å². The van der Waals surface area contributed by atoms with Gasteiger partial charge in [0.15, 0.2) is 0 Å². The molecular weight excluding hydrogens is 248 g/mol. The summed E-state index contributed by atoms with van der Waals surface area (Å²) in [5.41, 5.74) is -0.122. The van der Waals surface area contributed by atoms with Crippen molar-refractivity contribution >= 4 is 9.84 Å². The fourth-order valence-corrected chi connectivity index (χ4v) is 7.04. The minimum absolute atomic E-state index is 0.122. The lowest BCUT2D eigenvalue weighted by Crippen LogP contribution is -2.34. The number of H-pyrrole nitrogens is 1. The number of hydrogen-bond donors (Lipinski definition) is 1. The van der Waals surface area contributed by atoms with Crippen LogP contribution in [0.3, 0.4) is 0 Å². The maximum absolute atomic E-state index is 12.9. The number of sulfone groups is 1. The molecular formula is C13H20N2O2S. The Kier molecular flexibility index (Phi) is 2.29. The van der Waals surface area contributed by atoms with Crippen LogP contribution in [0.5, 0.6) is 0 Å². The fourth-order valence-electron chi connectivity index (χ4n) is 4.21. The Hall–Kier alpha value is -0.840. The summed E-state index contributed by atoms with van der Waals surface area (Å²) in [5, 5.41) is 0.146. The van der Waals surface area contributed by atoms with Crippen LogP contribution in [0.25, 0.3) is 0 Å². The zero-order chi connectivity index (χ0) is 13.2. The van der Waals surface area contributed by atoms with Gasteiger partial charge in [-0.2, -0.15) is 0 Å². The monoisotopic (exact) mass is 268 g/mol. The van der Waals surface area contributed by atoms with Crippen molar-refractivity contribution in [3.8, 4) is 0 Å². The maximum Gasteiger partial charge on any atom is 0.225 e. The van der Waals surface area contributed by atoms with Crippen molar-refractivity contribution < 1.29 is 8.42 Å². The molecule has 1 aromatic heterocycles. The molecule has 3 atom stereocenters. The number of rotatable bonds is 2. The van der Waals surface area contributed by atoms with E-state index in [4.69, 9.17) is 0 Å². The molecule has 2 aliphatic carbocycles. The molecule has 0 bridgehead atoms. The first-order chi connectivity index (χ1) is 8.34. The Balaban J connectivity index is 2.10. The summed E-state index contributed by atoms with van der Waals surface area (Å²) in [7, 11) is -3.35. The molecule has 3 rings (SSSR count). The van der Waals surface area contributed by atoms with Crippen LogP contribution in [-0.4, -0.2) is 23.1 Å². The molecule has 0 aromatic carbocycles. The van der Waals surface area contributed by atoms with Gasteiger partial charge >= 0.3 is 0 Å². The van der Waals surface area contributed by atoms with Crippen LogP contribution in [0, 0.1) is 17.3 Å². The first kappa shape index (κ1) is 12.2. The number of aromatic amines is 1. The molecule has 3 unspecified atom stereocenters. The molecule has 100 valence electrons. The zero-order valence-corrected chi connectivity index (χ0v) is 11.9. The average molecular weight is 268 g/mol. The van der Waals surface area contributed by atoms with Crippen LogP contribution in [0.4, 0.5) is 0 Å². The van der Waals surface area contributed by atoms with Crippen molar-refractivity contribution in [3.63, 3.8) is 0 Å². The standard InChI is InChI=1S/C13H20N2O2S/c1-9-4-5-10-12(2,3)13(10,8-9)18(16,17)11-14-6-7-15-11/h6-7,9-10H,4-5,8H2,1-3H3,(H,14,15). The van der Waals surface area contributed by atoms with Crippen LogP contribution >= 0.6 is 0 Å². The lowest BCUT2D eigenvalue weighted by molar-refractivity contribution is 0.373. The second-order valence-electron chi connectivity index (χ2n) is 6.45. The minimum atomic E-state index is -3.35. The van der Waals surface area contributed by atoms with Crippen LogP contribution in [-0.2, 0) is 9.84 Å². The molecule has 1 heterocycles. The highest BCUT2D eigenvalue weighted by molar-refractivity contribution is 7.93. The highest BCUT2D eigenvalue weighted by atomic mass is 32.2. The third-order valence-electron chi connectivity index (χ3n) is 5.25. The predicted molar refractivity (Wildman–Crippen MR) is 68.8 cm³/mol. The van der Waals surface area contributed by atoms with E-state index in [-0.39, 0.29) is 16.5 Å².